The third-order valence-electron chi connectivity index (χ3n) is 5.27. The normalized spacial score (nSPS) is 16.0. The summed E-state index contributed by atoms with van der Waals surface area (Å²) in [6, 6.07) is 8.12. The highest BCUT2D eigenvalue weighted by molar-refractivity contribution is 5.83. The van der Waals surface area contributed by atoms with Crippen molar-refractivity contribution >= 4 is 11.9 Å². The van der Waals surface area contributed by atoms with Gasteiger partial charge in [0.15, 0.2) is 0 Å². The van der Waals surface area contributed by atoms with E-state index in [1.807, 2.05) is 12.1 Å². The van der Waals surface area contributed by atoms with Gasteiger partial charge in [0.25, 0.3) is 5.91 Å². The number of carbonyl (C=O) groups is 1. The maximum atomic E-state index is 11.9. The molecule has 0 saturated carbocycles. The highest BCUT2D eigenvalue weighted by atomic mass is 16.3. The van der Waals surface area contributed by atoms with Gasteiger partial charge in [0.05, 0.1) is 5.69 Å². The molecule has 4 rings (SSSR count). The molecule has 6 nitrogen and oxygen atoms in total. The lowest BCUT2D eigenvalue weighted by atomic mass is 10.0. The molecule has 0 spiro atoms. The van der Waals surface area contributed by atoms with Crippen LogP contribution in [0.5, 0.6) is 0 Å². The quantitative estimate of drug-likeness (QED) is 0.848. The zero-order chi connectivity index (χ0) is 19.0. The van der Waals surface area contributed by atoms with Gasteiger partial charge in [0.2, 0.25) is 5.95 Å². The Morgan fingerprint density at radius 2 is 2.04 bits per heavy atom. The van der Waals surface area contributed by atoms with Crippen LogP contribution in [-0.4, -0.2) is 39.7 Å². The Morgan fingerprint density at radius 1 is 1.22 bits per heavy atom. The fraction of sp³-hybridized carbons (Fsp3) is 0.476. The lowest BCUT2D eigenvalue weighted by Gasteiger charge is -2.31. The van der Waals surface area contributed by atoms with Crippen LogP contribution in [0.4, 0.5) is 5.95 Å². The first-order valence-electron chi connectivity index (χ1n) is 9.66. The number of benzene rings is 1. The summed E-state index contributed by atoms with van der Waals surface area (Å²) in [5, 5.41) is 12.6. The van der Waals surface area contributed by atoms with Gasteiger partial charge in [-0.15, -0.1) is 0 Å². The average Bonchev–Trinajstić information content (AvgIpc) is 3.05. The van der Waals surface area contributed by atoms with E-state index in [1.165, 1.54) is 31.5 Å². The molecule has 0 atom stereocenters. The Bertz CT molecular complexity index is 869. The van der Waals surface area contributed by atoms with Gasteiger partial charge < -0.3 is 15.3 Å². The maximum Gasteiger partial charge on any atom is 0.251 e. The van der Waals surface area contributed by atoms with Crippen molar-refractivity contribution in [1.82, 2.24) is 15.3 Å². The molecule has 2 heterocycles. The molecule has 1 amide bonds. The summed E-state index contributed by atoms with van der Waals surface area (Å²) < 4.78 is 0. The van der Waals surface area contributed by atoms with Crippen LogP contribution in [-0.2, 0) is 24.2 Å². The third kappa shape index (κ3) is 3.67. The molecule has 0 radical (unpaired) electrons. The predicted octanol–water partition coefficient (Wildman–Crippen LogP) is 2.23. The van der Waals surface area contributed by atoms with Gasteiger partial charge in [-0.2, -0.15) is 0 Å². The second-order valence-corrected chi connectivity index (χ2v) is 7.93. The third-order valence-corrected chi connectivity index (χ3v) is 5.27. The smallest absolute Gasteiger partial charge is 0.251 e. The summed E-state index contributed by atoms with van der Waals surface area (Å²) in [5.74, 6) is 0.466. The van der Waals surface area contributed by atoms with E-state index < -0.39 is 5.60 Å². The van der Waals surface area contributed by atoms with Crippen molar-refractivity contribution in [2.75, 3.05) is 18.0 Å². The van der Waals surface area contributed by atoms with Crippen LogP contribution in [0.3, 0.4) is 0 Å². The van der Waals surface area contributed by atoms with Gasteiger partial charge >= 0.3 is 0 Å². The van der Waals surface area contributed by atoms with E-state index in [0.29, 0.717) is 6.54 Å². The first-order valence-corrected chi connectivity index (χ1v) is 9.66. The minimum atomic E-state index is -1.38. The molecule has 1 aromatic carbocycles. The molecule has 2 aromatic rings. The van der Waals surface area contributed by atoms with Crippen LogP contribution in [0, 0.1) is 0 Å². The van der Waals surface area contributed by atoms with E-state index in [9.17, 15) is 9.90 Å². The molecular weight excluding hydrogens is 340 g/mol. The number of aryl methyl sites for hydroxylation is 1. The predicted molar refractivity (Wildman–Crippen MR) is 104 cm³/mol. The molecule has 1 aliphatic carbocycles. The first kappa shape index (κ1) is 17.9. The number of aromatic nitrogens is 2. The van der Waals surface area contributed by atoms with Crippen LogP contribution >= 0.6 is 0 Å². The van der Waals surface area contributed by atoms with Crippen LogP contribution in [0.15, 0.2) is 24.3 Å². The monoisotopic (exact) mass is 366 g/mol. The van der Waals surface area contributed by atoms with E-state index in [4.69, 9.17) is 9.97 Å². The highest BCUT2D eigenvalue weighted by Crippen LogP contribution is 2.33. The van der Waals surface area contributed by atoms with Crippen LogP contribution in [0.2, 0.25) is 0 Å². The Balaban J connectivity index is 1.62. The molecule has 1 fully saturated rings. The molecule has 27 heavy (non-hydrogen) atoms. The number of nitrogens with one attached hydrogen (secondary N) is 1. The summed E-state index contributed by atoms with van der Waals surface area (Å²) in [4.78, 5) is 23.8. The number of nitrogens with zero attached hydrogens (tertiary/aromatic N) is 3. The van der Waals surface area contributed by atoms with Gasteiger partial charge in [-0.1, -0.05) is 18.2 Å². The van der Waals surface area contributed by atoms with E-state index in [1.54, 1.807) is 0 Å². The van der Waals surface area contributed by atoms with Gasteiger partial charge in [-0.3, -0.25) is 4.79 Å². The zero-order valence-corrected chi connectivity index (χ0v) is 16.0. The number of aliphatic hydroxyl groups is 1. The van der Waals surface area contributed by atoms with E-state index in [0.717, 1.165) is 55.1 Å². The number of rotatable bonds is 5. The Hall–Kier alpha value is -2.47. The second-order valence-electron chi connectivity index (χ2n) is 7.93. The van der Waals surface area contributed by atoms with Gasteiger partial charge in [0, 0.05) is 36.5 Å². The number of hydrogen-bond acceptors (Lipinski definition) is 5. The Morgan fingerprint density at radius 3 is 2.74 bits per heavy atom. The SMILES string of the molecule is CC(C)(O)C(=O)NCc1cccc(-c2nc(N3CCC3)nc3c2CCC3)c1. The molecule has 2 N–H and O–H groups in total. The van der Waals surface area contributed by atoms with E-state index in [-0.39, 0.29) is 5.91 Å². The van der Waals surface area contributed by atoms with E-state index >= 15 is 0 Å². The van der Waals surface area contributed by atoms with Crippen molar-refractivity contribution in [2.45, 2.75) is 51.7 Å². The number of anilines is 1. The van der Waals surface area contributed by atoms with Crippen molar-refractivity contribution in [3.05, 3.63) is 41.1 Å². The lowest BCUT2D eigenvalue weighted by Crippen LogP contribution is -2.41. The topological polar surface area (TPSA) is 78.3 Å². The minimum absolute atomic E-state index is 0.378. The van der Waals surface area contributed by atoms with Crippen molar-refractivity contribution < 1.29 is 9.90 Å². The van der Waals surface area contributed by atoms with Gasteiger partial charge in [-0.05, 0) is 51.2 Å². The molecule has 142 valence electrons. The summed E-state index contributed by atoms with van der Waals surface area (Å²) in [5.41, 5.74) is 4.14. The molecule has 0 unspecified atom stereocenters. The van der Waals surface area contributed by atoms with Crippen LogP contribution in [0.1, 0.15) is 43.5 Å². The molecule has 1 aromatic heterocycles. The standard InChI is InChI=1S/C21H26N4O2/c1-21(2,27)19(26)22-13-14-6-3-7-15(12-14)18-16-8-4-9-17(16)23-20(24-18)25-10-5-11-25/h3,6-7,12,27H,4-5,8-11,13H2,1-2H3,(H,22,26). The number of amides is 1. The molecule has 1 saturated heterocycles. The number of hydrogen-bond donors (Lipinski definition) is 2. The minimum Gasteiger partial charge on any atom is -0.381 e. The molecule has 2 aliphatic rings. The van der Waals surface area contributed by atoms with Crippen LogP contribution in [0.25, 0.3) is 11.3 Å². The second kappa shape index (κ2) is 6.93. The van der Waals surface area contributed by atoms with Crippen molar-refractivity contribution in [2.24, 2.45) is 0 Å². The summed E-state index contributed by atoms with van der Waals surface area (Å²) in [6.45, 7) is 5.41. The highest BCUT2D eigenvalue weighted by Gasteiger charge is 2.25. The Kier molecular flexibility index (Phi) is 4.60. The summed E-state index contributed by atoms with van der Waals surface area (Å²) in [7, 11) is 0. The summed E-state index contributed by atoms with van der Waals surface area (Å²) in [6.07, 6.45) is 4.37. The molecule has 0 bridgehead atoms. The van der Waals surface area contributed by atoms with Crippen molar-refractivity contribution in [3.8, 4) is 11.3 Å². The fourth-order valence-corrected chi connectivity index (χ4v) is 3.54. The number of carbonyl (C=O) groups excluding carboxylic acids is 1. The molecule has 6 heteroatoms. The summed E-state index contributed by atoms with van der Waals surface area (Å²) >= 11 is 0. The molecule has 1 aliphatic heterocycles. The lowest BCUT2D eigenvalue weighted by molar-refractivity contribution is -0.136. The Labute approximate surface area is 159 Å². The first-order chi connectivity index (χ1) is 12.9. The fourth-order valence-electron chi connectivity index (χ4n) is 3.54. The van der Waals surface area contributed by atoms with Crippen LogP contribution < -0.4 is 10.2 Å². The average molecular weight is 366 g/mol. The largest absolute Gasteiger partial charge is 0.381 e. The van der Waals surface area contributed by atoms with Crippen molar-refractivity contribution in [3.63, 3.8) is 0 Å². The van der Waals surface area contributed by atoms with E-state index in [2.05, 4.69) is 22.3 Å². The van der Waals surface area contributed by atoms with Gasteiger partial charge in [0.1, 0.15) is 5.60 Å². The van der Waals surface area contributed by atoms with Crippen molar-refractivity contribution in [1.29, 1.82) is 0 Å². The van der Waals surface area contributed by atoms with Gasteiger partial charge in [-0.25, -0.2) is 9.97 Å². The maximum absolute atomic E-state index is 11.9. The zero-order valence-electron chi connectivity index (χ0n) is 16.0. The number of fused-ring (bicyclic) bond motifs is 1. The molecular formula is C21H26N4O2.